The summed E-state index contributed by atoms with van der Waals surface area (Å²) < 4.78 is 68.3. The van der Waals surface area contributed by atoms with Gasteiger partial charge < -0.3 is 33.8 Å². The van der Waals surface area contributed by atoms with Gasteiger partial charge in [0.05, 0.1) is 26.4 Å². The molecule has 534 valence electrons. The predicted molar refractivity (Wildman–Crippen MR) is 363 cm³/mol. The molecule has 90 heavy (non-hydrogen) atoms. The first kappa shape index (κ1) is 88.1. The highest BCUT2D eigenvalue weighted by atomic mass is 31.2. The van der Waals surface area contributed by atoms with Crippen molar-refractivity contribution in [3.63, 3.8) is 0 Å². The number of aliphatic hydroxyl groups excluding tert-OH is 1. The standard InChI is InChI=1S/C71H138O17P2/c1-9-63(7)49-41-33-25-19-16-17-21-27-38-46-54-71(76)88-67(58-82-69(74)52-44-36-30-29-34-42-50-64(8)10-2)60-86-90(79,80)84-56-65(72)55-83-89(77,78)85-59-66(57-81-68(73)51-43-35-28-22-24-32-40-48-62(5)6)87-70(75)53-45-37-26-20-15-13-11-12-14-18-23-31-39-47-61(3)4/h61-67,72H,9-60H2,1-8H3,(H,77,78)(H,79,80)/t63?,64?,65-,66-,67-/m1/s1. The van der Waals surface area contributed by atoms with Crippen LogP contribution in [0, 0.1) is 23.7 Å². The van der Waals surface area contributed by atoms with E-state index >= 15 is 0 Å². The van der Waals surface area contributed by atoms with E-state index in [1.165, 1.54) is 141 Å². The van der Waals surface area contributed by atoms with Crippen LogP contribution in [0.25, 0.3) is 0 Å². The highest BCUT2D eigenvalue weighted by Crippen LogP contribution is 2.45. The second kappa shape index (κ2) is 60.7. The van der Waals surface area contributed by atoms with Crippen LogP contribution in [0.1, 0.15) is 351 Å². The Kier molecular flexibility index (Phi) is 59.4. The Morgan fingerprint density at radius 3 is 0.789 bits per heavy atom. The summed E-state index contributed by atoms with van der Waals surface area (Å²) in [7, 11) is -9.90. The van der Waals surface area contributed by atoms with Gasteiger partial charge in [0.15, 0.2) is 12.2 Å². The molecular weight excluding hydrogens is 1190 g/mol. The fraction of sp³-hybridized carbons (Fsp3) is 0.944. The third-order valence-electron chi connectivity index (χ3n) is 17.0. The molecular formula is C71H138O17P2. The van der Waals surface area contributed by atoms with Crippen molar-refractivity contribution in [1.29, 1.82) is 0 Å². The molecule has 0 bridgehead atoms. The van der Waals surface area contributed by atoms with Crippen LogP contribution < -0.4 is 0 Å². The van der Waals surface area contributed by atoms with Gasteiger partial charge >= 0.3 is 39.5 Å². The number of phosphoric acid groups is 2. The lowest BCUT2D eigenvalue weighted by atomic mass is 9.99. The van der Waals surface area contributed by atoms with Crippen LogP contribution in [0.5, 0.6) is 0 Å². The lowest BCUT2D eigenvalue weighted by Gasteiger charge is -2.21. The van der Waals surface area contributed by atoms with Crippen LogP contribution in [0.3, 0.4) is 0 Å². The van der Waals surface area contributed by atoms with Crippen LogP contribution in [0.2, 0.25) is 0 Å². The first-order chi connectivity index (χ1) is 43.2. The van der Waals surface area contributed by atoms with Crippen molar-refractivity contribution < 1.29 is 80.2 Å². The summed E-state index contributed by atoms with van der Waals surface area (Å²) in [6.45, 7) is 14.1. The number of hydrogen-bond donors (Lipinski definition) is 3. The minimum absolute atomic E-state index is 0.105. The van der Waals surface area contributed by atoms with Crippen LogP contribution >= 0.6 is 15.6 Å². The zero-order valence-electron chi connectivity index (χ0n) is 58.8. The molecule has 0 saturated heterocycles. The Morgan fingerprint density at radius 1 is 0.311 bits per heavy atom. The molecule has 0 radical (unpaired) electrons. The average molecular weight is 1330 g/mol. The van der Waals surface area contributed by atoms with E-state index in [2.05, 4.69) is 55.4 Å². The topological polar surface area (TPSA) is 237 Å². The summed E-state index contributed by atoms with van der Waals surface area (Å²) in [5, 5.41) is 10.6. The number of aliphatic hydroxyl groups is 1. The molecule has 7 atom stereocenters. The van der Waals surface area contributed by atoms with E-state index < -0.39 is 97.5 Å². The smallest absolute Gasteiger partial charge is 0.462 e. The summed E-state index contributed by atoms with van der Waals surface area (Å²) in [6.07, 6.45) is 43.1. The molecule has 4 unspecified atom stereocenters. The molecule has 0 amide bonds. The maximum absolute atomic E-state index is 13.0. The number of carbonyl (C=O) groups is 4. The average Bonchev–Trinajstić information content (AvgIpc) is 2.64. The highest BCUT2D eigenvalue weighted by Gasteiger charge is 2.30. The Labute approximate surface area is 549 Å². The van der Waals surface area contributed by atoms with Crippen LogP contribution in [0.4, 0.5) is 0 Å². The SMILES string of the molecule is CCC(C)CCCCCCCCCCCCC(=O)O[C@H](COC(=O)CCCCCCCCC(C)CC)COP(=O)(O)OC[C@H](O)COP(=O)(O)OC[C@@H](COC(=O)CCCCCCCCCC(C)C)OC(=O)CCCCCCCCCCCCCCCC(C)C. The van der Waals surface area contributed by atoms with Crippen molar-refractivity contribution in [1.82, 2.24) is 0 Å². The van der Waals surface area contributed by atoms with E-state index in [1.807, 2.05) is 0 Å². The van der Waals surface area contributed by atoms with Crippen molar-refractivity contribution in [2.45, 2.75) is 369 Å². The summed E-state index contributed by atoms with van der Waals surface area (Å²) in [5.41, 5.74) is 0. The molecule has 3 N–H and O–H groups in total. The number of carbonyl (C=O) groups excluding carboxylic acids is 4. The van der Waals surface area contributed by atoms with Crippen molar-refractivity contribution in [2.24, 2.45) is 23.7 Å². The number of ether oxygens (including phenoxy) is 4. The molecule has 0 aromatic rings. The van der Waals surface area contributed by atoms with Gasteiger partial charge in [0.2, 0.25) is 0 Å². The van der Waals surface area contributed by atoms with Gasteiger partial charge in [-0.3, -0.25) is 37.3 Å². The summed E-state index contributed by atoms with van der Waals surface area (Å²) >= 11 is 0. The van der Waals surface area contributed by atoms with Crippen molar-refractivity contribution in [3.05, 3.63) is 0 Å². The normalized spacial score (nSPS) is 14.9. The molecule has 0 aliphatic rings. The largest absolute Gasteiger partial charge is 0.472 e. The maximum atomic E-state index is 13.0. The number of phosphoric ester groups is 2. The lowest BCUT2D eigenvalue weighted by molar-refractivity contribution is -0.161. The molecule has 0 fully saturated rings. The Morgan fingerprint density at radius 2 is 0.533 bits per heavy atom. The van der Waals surface area contributed by atoms with E-state index in [1.54, 1.807) is 0 Å². The second-order valence-corrected chi connectivity index (χ2v) is 30.0. The Balaban J connectivity index is 5.25. The van der Waals surface area contributed by atoms with Crippen molar-refractivity contribution in [2.75, 3.05) is 39.6 Å². The van der Waals surface area contributed by atoms with Crippen molar-refractivity contribution in [3.8, 4) is 0 Å². The van der Waals surface area contributed by atoms with Gasteiger partial charge in [-0.15, -0.1) is 0 Å². The molecule has 0 aromatic heterocycles. The van der Waals surface area contributed by atoms with Gasteiger partial charge in [0, 0.05) is 25.7 Å². The third-order valence-corrected chi connectivity index (χ3v) is 18.9. The molecule has 0 aliphatic heterocycles. The molecule has 19 heteroatoms. The summed E-state index contributed by atoms with van der Waals surface area (Å²) in [5.74, 6) is 0.896. The van der Waals surface area contributed by atoms with E-state index in [9.17, 15) is 43.2 Å². The number of unbranched alkanes of at least 4 members (excludes halogenated alkanes) is 32. The van der Waals surface area contributed by atoms with E-state index in [-0.39, 0.29) is 25.7 Å². The highest BCUT2D eigenvalue weighted by molar-refractivity contribution is 7.47. The van der Waals surface area contributed by atoms with Gasteiger partial charge in [-0.2, -0.15) is 0 Å². The first-order valence-electron chi connectivity index (χ1n) is 36.8. The summed E-state index contributed by atoms with van der Waals surface area (Å²) in [6, 6.07) is 0. The maximum Gasteiger partial charge on any atom is 0.472 e. The third kappa shape index (κ3) is 62.2. The molecule has 0 saturated carbocycles. The Hall–Kier alpha value is -1.94. The predicted octanol–water partition coefficient (Wildman–Crippen LogP) is 20.1. The second-order valence-electron chi connectivity index (χ2n) is 27.1. The number of hydrogen-bond acceptors (Lipinski definition) is 15. The van der Waals surface area contributed by atoms with Gasteiger partial charge in [-0.05, 0) is 49.4 Å². The summed E-state index contributed by atoms with van der Waals surface area (Å²) in [4.78, 5) is 72.6. The molecule has 17 nitrogen and oxygen atoms in total. The Bertz CT molecular complexity index is 1790. The number of rotatable bonds is 68. The molecule has 0 heterocycles. The molecule has 0 rings (SSSR count). The van der Waals surface area contributed by atoms with E-state index in [0.717, 1.165) is 120 Å². The minimum Gasteiger partial charge on any atom is -0.462 e. The quantitative estimate of drug-likeness (QED) is 0.0222. The zero-order valence-corrected chi connectivity index (χ0v) is 60.6. The van der Waals surface area contributed by atoms with Crippen LogP contribution in [-0.4, -0.2) is 96.7 Å². The van der Waals surface area contributed by atoms with Gasteiger partial charge in [-0.25, -0.2) is 9.13 Å². The molecule has 0 aliphatic carbocycles. The number of esters is 4. The minimum atomic E-state index is -4.95. The van der Waals surface area contributed by atoms with Gasteiger partial charge in [0.1, 0.15) is 19.3 Å². The fourth-order valence-corrected chi connectivity index (χ4v) is 12.2. The molecule has 0 spiro atoms. The van der Waals surface area contributed by atoms with E-state index in [0.29, 0.717) is 31.6 Å². The van der Waals surface area contributed by atoms with Crippen LogP contribution in [0.15, 0.2) is 0 Å². The monoisotopic (exact) mass is 1320 g/mol. The van der Waals surface area contributed by atoms with Crippen molar-refractivity contribution >= 4 is 39.5 Å². The van der Waals surface area contributed by atoms with Gasteiger partial charge in [0.25, 0.3) is 0 Å². The van der Waals surface area contributed by atoms with Gasteiger partial charge in [-0.1, -0.05) is 299 Å². The fourth-order valence-electron chi connectivity index (χ4n) is 10.6. The first-order valence-corrected chi connectivity index (χ1v) is 39.8. The van der Waals surface area contributed by atoms with E-state index in [4.69, 9.17) is 37.0 Å². The van der Waals surface area contributed by atoms with Crippen LogP contribution in [-0.2, 0) is 65.4 Å². The zero-order chi connectivity index (χ0) is 66.8. The lowest BCUT2D eigenvalue weighted by Crippen LogP contribution is -2.30. The molecule has 0 aromatic carbocycles.